The van der Waals surface area contributed by atoms with Crippen LogP contribution in [0.5, 0.6) is 0 Å². The summed E-state index contributed by atoms with van der Waals surface area (Å²) in [4.78, 5) is 2.33. The van der Waals surface area contributed by atoms with E-state index in [1.807, 2.05) is 0 Å². The summed E-state index contributed by atoms with van der Waals surface area (Å²) < 4.78 is 0. The van der Waals surface area contributed by atoms with Crippen LogP contribution in [-0.4, -0.2) is 31.6 Å². The molecule has 0 aliphatic carbocycles. The number of hydrogen-bond acceptors (Lipinski definition) is 2. The molecule has 0 bridgehead atoms. The second kappa shape index (κ2) is 4.09. The number of likely N-dealkylation sites (tertiary alicyclic amines) is 1. The largest absolute Gasteiger partial charge is 0.330 e. The Morgan fingerprint density at radius 1 is 1.67 bits per heavy atom. The predicted octanol–water partition coefficient (Wildman–Crippen LogP) is 0.319. The van der Waals surface area contributed by atoms with Crippen molar-refractivity contribution in [2.24, 2.45) is 11.7 Å². The molecule has 0 unspecified atom stereocenters. The third kappa shape index (κ3) is 2.52. The van der Waals surface area contributed by atoms with Gasteiger partial charge >= 0.3 is 0 Å². The molecule has 2 N–H and O–H groups in total. The van der Waals surface area contributed by atoms with E-state index in [0.717, 1.165) is 12.5 Å². The maximum absolute atomic E-state index is 5.47. The molecule has 0 aromatic heterocycles. The molecular weight excluding hydrogens is 136 g/mol. The molecular formula is C6H15ClN2. The highest BCUT2D eigenvalue weighted by atomic mass is 35.5. The summed E-state index contributed by atoms with van der Waals surface area (Å²) in [6, 6.07) is 0. The zero-order valence-corrected chi connectivity index (χ0v) is 6.66. The van der Waals surface area contributed by atoms with E-state index >= 15 is 0 Å². The Kier molecular flexibility index (Phi) is 4.19. The average molecular weight is 151 g/mol. The van der Waals surface area contributed by atoms with Crippen LogP contribution < -0.4 is 5.73 Å². The summed E-state index contributed by atoms with van der Waals surface area (Å²) in [6.45, 7) is 3.31. The van der Waals surface area contributed by atoms with Crippen LogP contribution in [0, 0.1) is 5.92 Å². The van der Waals surface area contributed by atoms with Crippen molar-refractivity contribution in [2.45, 2.75) is 6.42 Å². The second-order valence-electron chi connectivity index (χ2n) is 2.65. The van der Waals surface area contributed by atoms with Gasteiger partial charge in [0.15, 0.2) is 0 Å². The Morgan fingerprint density at radius 3 is 2.56 bits per heavy atom. The number of rotatable bonds is 1. The normalized spacial score (nSPS) is 28.0. The van der Waals surface area contributed by atoms with E-state index < -0.39 is 0 Å². The van der Waals surface area contributed by atoms with Crippen molar-refractivity contribution in [1.29, 1.82) is 0 Å². The van der Waals surface area contributed by atoms with Gasteiger partial charge in [-0.25, -0.2) is 0 Å². The van der Waals surface area contributed by atoms with Gasteiger partial charge in [-0.3, -0.25) is 0 Å². The van der Waals surface area contributed by atoms with E-state index in [1.165, 1.54) is 19.5 Å². The van der Waals surface area contributed by atoms with Crippen LogP contribution in [0.25, 0.3) is 0 Å². The third-order valence-electron chi connectivity index (χ3n) is 1.82. The first-order chi connectivity index (χ1) is 3.83. The van der Waals surface area contributed by atoms with E-state index in [4.69, 9.17) is 5.73 Å². The van der Waals surface area contributed by atoms with Crippen molar-refractivity contribution >= 4 is 12.4 Å². The van der Waals surface area contributed by atoms with E-state index in [1.54, 1.807) is 0 Å². The summed E-state index contributed by atoms with van der Waals surface area (Å²) in [5.41, 5.74) is 5.47. The van der Waals surface area contributed by atoms with Crippen LogP contribution in [0.3, 0.4) is 0 Å². The highest BCUT2D eigenvalue weighted by molar-refractivity contribution is 5.85. The van der Waals surface area contributed by atoms with Crippen LogP contribution in [0.4, 0.5) is 0 Å². The number of nitrogens with two attached hydrogens (primary N) is 1. The molecule has 1 atom stereocenters. The van der Waals surface area contributed by atoms with E-state index in [-0.39, 0.29) is 12.4 Å². The summed E-state index contributed by atoms with van der Waals surface area (Å²) in [5.74, 6) is 0.778. The van der Waals surface area contributed by atoms with Gasteiger partial charge in [0.25, 0.3) is 0 Å². The van der Waals surface area contributed by atoms with Crippen molar-refractivity contribution < 1.29 is 0 Å². The highest BCUT2D eigenvalue weighted by Crippen LogP contribution is 2.11. The van der Waals surface area contributed by atoms with Crippen molar-refractivity contribution in [3.05, 3.63) is 0 Å². The SMILES string of the molecule is CN1CC[C@@H](CN)C1.Cl. The van der Waals surface area contributed by atoms with Crippen LogP contribution >= 0.6 is 12.4 Å². The molecule has 1 rings (SSSR count). The Labute approximate surface area is 62.8 Å². The van der Waals surface area contributed by atoms with E-state index in [9.17, 15) is 0 Å². The van der Waals surface area contributed by atoms with Crippen molar-refractivity contribution in [2.75, 3.05) is 26.7 Å². The Bertz CT molecular complexity index is 77.5. The molecule has 9 heavy (non-hydrogen) atoms. The summed E-state index contributed by atoms with van der Waals surface area (Å²) in [7, 11) is 2.15. The molecule has 0 saturated carbocycles. The first-order valence-corrected chi connectivity index (χ1v) is 3.21. The molecule has 3 heteroatoms. The predicted molar refractivity (Wildman–Crippen MR) is 41.9 cm³/mol. The monoisotopic (exact) mass is 150 g/mol. The van der Waals surface area contributed by atoms with Crippen LogP contribution in [0.15, 0.2) is 0 Å². The zero-order valence-electron chi connectivity index (χ0n) is 5.84. The van der Waals surface area contributed by atoms with Gasteiger partial charge in [-0.05, 0) is 32.5 Å². The molecule has 0 amide bonds. The minimum Gasteiger partial charge on any atom is -0.330 e. The number of nitrogens with zero attached hydrogens (tertiary/aromatic N) is 1. The minimum atomic E-state index is 0. The van der Waals surface area contributed by atoms with Gasteiger partial charge in [0, 0.05) is 6.54 Å². The lowest BCUT2D eigenvalue weighted by Gasteiger charge is -2.05. The molecule has 1 saturated heterocycles. The molecule has 2 nitrogen and oxygen atoms in total. The summed E-state index contributed by atoms with van der Waals surface area (Å²) in [6.07, 6.45) is 1.30. The van der Waals surface area contributed by atoms with Gasteiger partial charge in [0.05, 0.1) is 0 Å². The van der Waals surface area contributed by atoms with Gasteiger partial charge in [-0.15, -0.1) is 12.4 Å². The molecule has 0 spiro atoms. The third-order valence-corrected chi connectivity index (χ3v) is 1.82. The van der Waals surface area contributed by atoms with Gasteiger partial charge in [-0.1, -0.05) is 0 Å². The Morgan fingerprint density at radius 2 is 2.33 bits per heavy atom. The molecule has 0 aromatic rings. The van der Waals surface area contributed by atoms with Gasteiger partial charge in [0.1, 0.15) is 0 Å². The summed E-state index contributed by atoms with van der Waals surface area (Å²) in [5, 5.41) is 0. The Balaban J connectivity index is 0.000000640. The molecule has 1 aliphatic heterocycles. The van der Waals surface area contributed by atoms with E-state index in [0.29, 0.717) is 0 Å². The molecule has 56 valence electrons. The van der Waals surface area contributed by atoms with Crippen molar-refractivity contribution in [3.63, 3.8) is 0 Å². The fourth-order valence-corrected chi connectivity index (χ4v) is 1.22. The van der Waals surface area contributed by atoms with Crippen molar-refractivity contribution in [3.8, 4) is 0 Å². The number of hydrogen-bond donors (Lipinski definition) is 1. The van der Waals surface area contributed by atoms with Gasteiger partial charge < -0.3 is 10.6 Å². The molecule has 1 aliphatic rings. The first-order valence-electron chi connectivity index (χ1n) is 3.21. The lowest BCUT2D eigenvalue weighted by atomic mass is 10.1. The minimum absolute atomic E-state index is 0. The van der Waals surface area contributed by atoms with Crippen LogP contribution in [0.2, 0.25) is 0 Å². The maximum Gasteiger partial charge on any atom is 0.00191 e. The molecule has 0 radical (unpaired) electrons. The van der Waals surface area contributed by atoms with Gasteiger partial charge in [-0.2, -0.15) is 0 Å². The first kappa shape index (κ1) is 9.21. The Hall–Kier alpha value is 0.210. The molecule has 1 fully saturated rings. The molecule has 0 aromatic carbocycles. The lowest BCUT2D eigenvalue weighted by molar-refractivity contribution is 0.397. The smallest absolute Gasteiger partial charge is 0.00191 e. The maximum atomic E-state index is 5.47. The topological polar surface area (TPSA) is 29.3 Å². The quantitative estimate of drug-likeness (QED) is 0.584. The fraction of sp³-hybridized carbons (Fsp3) is 1.00. The standard InChI is InChI=1S/C6H14N2.ClH/c1-8-3-2-6(4-7)5-8;/h6H,2-5,7H2,1H3;1H/t6-;/m0./s1. The molecule has 1 heterocycles. The highest BCUT2D eigenvalue weighted by Gasteiger charge is 2.16. The van der Waals surface area contributed by atoms with Crippen LogP contribution in [-0.2, 0) is 0 Å². The van der Waals surface area contributed by atoms with Crippen LogP contribution in [0.1, 0.15) is 6.42 Å². The lowest BCUT2D eigenvalue weighted by Crippen LogP contribution is -2.18. The zero-order chi connectivity index (χ0) is 5.98. The average Bonchev–Trinajstić information content (AvgIpc) is 2.14. The van der Waals surface area contributed by atoms with Gasteiger partial charge in [0.2, 0.25) is 0 Å². The van der Waals surface area contributed by atoms with E-state index in [2.05, 4.69) is 11.9 Å². The fourth-order valence-electron chi connectivity index (χ4n) is 1.22. The van der Waals surface area contributed by atoms with Crippen molar-refractivity contribution in [1.82, 2.24) is 4.90 Å². The second-order valence-corrected chi connectivity index (χ2v) is 2.65. The number of halogens is 1. The summed E-state index contributed by atoms with van der Waals surface area (Å²) >= 11 is 0.